The van der Waals surface area contributed by atoms with E-state index in [0.29, 0.717) is 27.6 Å². The Morgan fingerprint density at radius 1 is 0.600 bits per heavy atom. The van der Waals surface area contributed by atoms with E-state index in [2.05, 4.69) is 87.3 Å². The van der Waals surface area contributed by atoms with Crippen LogP contribution >= 0.6 is 0 Å². The first-order valence-corrected chi connectivity index (χ1v) is 15.2. The number of hydrogen-bond donors (Lipinski definition) is 0. The fourth-order valence-corrected chi connectivity index (χ4v) is 20.8. The van der Waals surface area contributed by atoms with E-state index in [4.69, 9.17) is 0 Å². The Morgan fingerprint density at radius 3 is 0.900 bits per heavy atom. The number of hydrogen-bond acceptors (Lipinski definition) is 2. The van der Waals surface area contributed by atoms with Crippen molar-refractivity contribution in [3.8, 4) is 0 Å². The molecule has 2 nitrogen and oxygen atoms in total. The molecule has 0 aliphatic carbocycles. The average molecular weight is 391 g/mol. The van der Waals surface area contributed by atoms with E-state index in [1.165, 1.54) is 0 Å². The number of nitrogens with zero attached hydrogens (tertiary/aromatic N) is 2. The van der Waals surface area contributed by atoms with Crippen molar-refractivity contribution < 1.29 is 0 Å². The van der Waals surface area contributed by atoms with Gasteiger partial charge in [-0.15, -0.1) is 0 Å². The summed E-state index contributed by atoms with van der Waals surface area (Å²) in [5, 5.41) is 0. The van der Waals surface area contributed by atoms with Crippen LogP contribution in [0.15, 0.2) is 0 Å². The molecule has 0 aromatic heterocycles. The molecule has 0 radical (unpaired) electrons. The van der Waals surface area contributed by atoms with Crippen LogP contribution in [-0.4, -0.2) is 49.3 Å². The topological polar surface area (TPSA) is 6.48 Å². The van der Waals surface area contributed by atoms with Gasteiger partial charge in [0.05, 0.1) is 0 Å². The second kappa shape index (κ2) is 7.32. The summed E-state index contributed by atoms with van der Waals surface area (Å²) in [6, 6.07) is 2.48. The Balaban J connectivity index is 6.09. The van der Waals surface area contributed by atoms with Crippen LogP contribution in [0.2, 0.25) is 8.37 Å². The third-order valence-electron chi connectivity index (χ3n) is 4.65. The van der Waals surface area contributed by atoms with Crippen molar-refractivity contribution in [1.29, 1.82) is 0 Å². The fourth-order valence-electron chi connectivity index (χ4n) is 4.11. The van der Waals surface area contributed by atoms with Gasteiger partial charge in [-0.1, -0.05) is 0 Å². The Bertz CT molecular complexity index is 254. The Hall–Kier alpha value is 0.719. The van der Waals surface area contributed by atoms with Crippen molar-refractivity contribution in [2.24, 2.45) is 0 Å². The zero-order chi connectivity index (χ0) is 16.5. The minimum absolute atomic E-state index is 0.387. The average Bonchev–Trinajstić information content (AvgIpc) is 2.11. The quantitative estimate of drug-likeness (QED) is 0.582. The molecule has 0 bridgehead atoms. The van der Waals surface area contributed by atoms with E-state index < -0.39 is 18.9 Å². The van der Waals surface area contributed by atoms with Gasteiger partial charge in [0.2, 0.25) is 0 Å². The molecule has 0 unspecified atom stereocenters. The third kappa shape index (κ3) is 4.13. The van der Waals surface area contributed by atoms with Crippen LogP contribution < -0.4 is 0 Å². The molecule has 0 aliphatic heterocycles. The van der Waals surface area contributed by atoms with Crippen molar-refractivity contribution in [3.05, 3.63) is 0 Å². The van der Waals surface area contributed by atoms with E-state index in [-0.39, 0.29) is 0 Å². The van der Waals surface area contributed by atoms with Crippen molar-refractivity contribution in [2.75, 3.05) is 0 Å². The fraction of sp³-hybridized carbons (Fsp3) is 1.00. The van der Waals surface area contributed by atoms with Crippen molar-refractivity contribution in [1.82, 2.24) is 6.24 Å². The molecule has 0 atom stereocenters. The predicted octanol–water partition coefficient (Wildman–Crippen LogP) is 5.10. The molecular formula is C17H40N2Sn. The predicted molar refractivity (Wildman–Crippen MR) is 95.6 cm³/mol. The molecule has 0 heterocycles. The minimum atomic E-state index is -2.73. The van der Waals surface area contributed by atoms with Crippen LogP contribution in [0, 0.1) is 0 Å². The monoisotopic (exact) mass is 392 g/mol. The van der Waals surface area contributed by atoms with Gasteiger partial charge in [-0.3, -0.25) is 0 Å². The van der Waals surface area contributed by atoms with Crippen molar-refractivity contribution in [2.45, 2.75) is 109 Å². The number of rotatable bonds is 6. The molecule has 0 saturated heterocycles. The van der Waals surface area contributed by atoms with Crippen molar-refractivity contribution >= 4 is 18.9 Å². The molecule has 0 aromatic carbocycles. The summed E-state index contributed by atoms with van der Waals surface area (Å²) >= 11 is -2.73. The molecule has 0 aromatic rings. The van der Waals surface area contributed by atoms with Gasteiger partial charge in [0.1, 0.15) is 0 Å². The molecule has 0 amide bonds. The van der Waals surface area contributed by atoms with Gasteiger partial charge in [0.15, 0.2) is 0 Å². The van der Waals surface area contributed by atoms with Gasteiger partial charge in [0.25, 0.3) is 0 Å². The standard InChI is InChI=1S/2C6H14N.C4H9.CH3.Sn/c2*1-5(2)7-6(3)4;1-4(2)3;;/h2*5-6H,1-4H3;1-3H3;1H3;/q2*-1;;;+2. The molecule has 0 aliphatic rings. The maximum absolute atomic E-state index is 2.90. The van der Waals surface area contributed by atoms with Crippen LogP contribution in [0.5, 0.6) is 0 Å². The molecule has 3 heteroatoms. The van der Waals surface area contributed by atoms with Crippen LogP contribution in [0.3, 0.4) is 0 Å². The van der Waals surface area contributed by atoms with Gasteiger partial charge in [0, 0.05) is 0 Å². The molecule has 0 saturated carbocycles. The molecule has 0 spiro atoms. The summed E-state index contributed by atoms with van der Waals surface area (Å²) in [6.45, 7) is 26.4. The summed E-state index contributed by atoms with van der Waals surface area (Å²) < 4.78 is 6.18. The zero-order valence-corrected chi connectivity index (χ0v) is 19.1. The van der Waals surface area contributed by atoms with E-state index in [1.807, 2.05) is 0 Å². The summed E-state index contributed by atoms with van der Waals surface area (Å²) in [6.07, 6.45) is 0. The molecule has 20 heavy (non-hydrogen) atoms. The zero-order valence-electron chi connectivity index (χ0n) is 16.2. The second-order valence-electron chi connectivity index (χ2n) is 8.46. The normalized spacial score (nSPS) is 14.7. The summed E-state index contributed by atoms with van der Waals surface area (Å²) in [7, 11) is 0. The van der Waals surface area contributed by atoms with E-state index in [0.717, 1.165) is 0 Å². The van der Waals surface area contributed by atoms with Gasteiger partial charge < -0.3 is 0 Å². The van der Waals surface area contributed by atoms with Crippen LogP contribution in [0.25, 0.3) is 0 Å². The van der Waals surface area contributed by atoms with Crippen LogP contribution in [0.1, 0.15) is 76.2 Å². The first kappa shape index (κ1) is 20.7. The van der Waals surface area contributed by atoms with Crippen LogP contribution in [-0.2, 0) is 0 Å². The molecule has 0 N–H and O–H groups in total. The van der Waals surface area contributed by atoms with Gasteiger partial charge in [-0.2, -0.15) is 0 Å². The van der Waals surface area contributed by atoms with Crippen molar-refractivity contribution in [3.63, 3.8) is 0 Å². The Morgan fingerprint density at radius 2 is 0.800 bits per heavy atom. The van der Waals surface area contributed by atoms with Gasteiger partial charge in [-0.05, 0) is 0 Å². The van der Waals surface area contributed by atoms with Gasteiger partial charge >= 0.3 is 134 Å². The van der Waals surface area contributed by atoms with E-state index >= 15 is 0 Å². The van der Waals surface area contributed by atoms with E-state index in [9.17, 15) is 0 Å². The summed E-state index contributed by atoms with van der Waals surface area (Å²) in [4.78, 5) is 2.65. The third-order valence-corrected chi connectivity index (χ3v) is 24.4. The SMILES string of the molecule is CC(C)[N](C(C)C)[Sn]([CH3])([N](C(C)C)C(C)C)[C](C)(C)C. The molecule has 0 fully saturated rings. The maximum atomic E-state index is 2.90. The van der Waals surface area contributed by atoms with Crippen LogP contribution in [0.4, 0.5) is 0 Å². The Kier molecular flexibility index (Phi) is 7.59. The second-order valence-corrected chi connectivity index (χ2v) is 21.5. The summed E-state index contributed by atoms with van der Waals surface area (Å²) in [5.41, 5.74) is 0. The molecule has 0 rings (SSSR count). The first-order valence-electron chi connectivity index (χ1n) is 8.35. The first-order chi connectivity index (χ1) is 8.78. The Labute approximate surface area is 133 Å². The van der Waals surface area contributed by atoms with Gasteiger partial charge in [-0.25, -0.2) is 0 Å². The molecular weight excluding hydrogens is 351 g/mol. The molecule has 122 valence electrons. The summed E-state index contributed by atoms with van der Waals surface area (Å²) in [5.74, 6) is 0. The van der Waals surface area contributed by atoms with E-state index in [1.54, 1.807) is 0 Å².